The van der Waals surface area contributed by atoms with Gasteiger partial charge in [-0.05, 0) is 42.8 Å². The molecular formula is C16H17NO3. The highest BCUT2D eigenvalue weighted by Gasteiger charge is 2.06. The van der Waals surface area contributed by atoms with Crippen molar-refractivity contribution in [3.05, 3.63) is 54.1 Å². The molecule has 2 N–H and O–H groups in total. The number of phenolic OH excluding ortho intramolecular Hbond substituents is 1. The van der Waals surface area contributed by atoms with Gasteiger partial charge in [0.05, 0.1) is 6.61 Å². The van der Waals surface area contributed by atoms with Gasteiger partial charge in [-0.25, -0.2) is 0 Å². The molecule has 0 aromatic heterocycles. The first-order chi connectivity index (χ1) is 9.69. The molecular weight excluding hydrogens is 254 g/mol. The van der Waals surface area contributed by atoms with Crippen molar-refractivity contribution in [2.24, 2.45) is 0 Å². The Morgan fingerprint density at radius 1 is 1.20 bits per heavy atom. The summed E-state index contributed by atoms with van der Waals surface area (Å²) in [6, 6.07) is 13.4. The van der Waals surface area contributed by atoms with Crippen LogP contribution in [0.3, 0.4) is 0 Å². The molecule has 0 unspecified atom stereocenters. The summed E-state index contributed by atoms with van der Waals surface area (Å²) in [5, 5.41) is 12.1. The summed E-state index contributed by atoms with van der Waals surface area (Å²) >= 11 is 0. The fourth-order valence-electron chi connectivity index (χ4n) is 1.71. The van der Waals surface area contributed by atoms with Crippen LogP contribution in [0.1, 0.15) is 23.7 Å². The Hall–Kier alpha value is -2.49. The van der Waals surface area contributed by atoms with E-state index >= 15 is 0 Å². The third-order valence-corrected chi connectivity index (χ3v) is 2.69. The number of phenols is 1. The standard InChI is InChI=1S/C16H17NO3/c1-2-10-20-15-8-6-12(7-9-15)16(19)17-13-4-3-5-14(18)11-13/h3-9,11,18H,2,10H2,1H3,(H,17,19). The molecule has 0 aliphatic heterocycles. The van der Waals surface area contributed by atoms with E-state index in [1.165, 1.54) is 6.07 Å². The smallest absolute Gasteiger partial charge is 0.255 e. The van der Waals surface area contributed by atoms with Gasteiger partial charge in [-0.15, -0.1) is 0 Å². The Morgan fingerprint density at radius 3 is 2.60 bits per heavy atom. The van der Waals surface area contributed by atoms with Gasteiger partial charge in [0.15, 0.2) is 0 Å². The van der Waals surface area contributed by atoms with Crippen LogP contribution in [0.4, 0.5) is 5.69 Å². The third kappa shape index (κ3) is 3.75. The summed E-state index contributed by atoms with van der Waals surface area (Å²) in [6.45, 7) is 2.70. The maximum Gasteiger partial charge on any atom is 0.255 e. The second-order valence-corrected chi connectivity index (χ2v) is 4.38. The molecule has 104 valence electrons. The topological polar surface area (TPSA) is 58.6 Å². The predicted molar refractivity (Wildman–Crippen MR) is 78.3 cm³/mol. The molecule has 0 atom stereocenters. The van der Waals surface area contributed by atoms with Crippen LogP contribution in [0.5, 0.6) is 11.5 Å². The molecule has 0 bridgehead atoms. The third-order valence-electron chi connectivity index (χ3n) is 2.69. The van der Waals surface area contributed by atoms with Crippen molar-refractivity contribution in [1.82, 2.24) is 0 Å². The molecule has 0 fully saturated rings. The average Bonchev–Trinajstić information content (AvgIpc) is 2.45. The summed E-state index contributed by atoms with van der Waals surface area (Å²) in [5.41, 5.74) is 1.10. The van der Waals surface area contributed by atoms with Crippen LogP contribution in [0.25, 0.3) is 0 Å². The minimum Gasteiger partial charge on any atom is -0.508 e. The van der Waals surface area contributed by atoms with Gasteiger partial charge in [0.2, 0.25) is 0 Å². The molecule has 0 saturated carbocycles. The Labute approximate surface area is 118 Å². The van der Waals surface area contributed by atoms with E-state index in [4.69, 9.17) is 4.74 Å². The van der Waals surface area contributed by atoms with Crippen molar-refractivity contribution in [2.75, 3.05) is 11.9 Å². The molecule has 0 aliphatic rings. The van der Waals surface area contributed by atoms with E-state index in [0.717, 1.165) is 12.2 Å². The quantitative estimate of drug-likeness (QED) is 0.875. The van der Waals surface area contributed by atoms with Gasteiger partial charge >= 0.3 is 0 Å². The molecule has 0 saturated heterocycles. The normalized spacial score (nSPS) is 10.1. The number of amides is 1. The molecule has 2 aromatic rings. The average molecular weight is 271 g/mol. The highest BCUT2D eigenvalue weighted by molar-refractivity contribution is 6.04. The van der Waals surface area contributed by atoms with Gasteiger partial charge in [-0.2, -0.15) is 0 Å². The van der Waals surface area contributed by atoms with Crippen molar-refractivity contribution >= 4 is 11.6 Å². The number of rotatable bonds is 5. The number of benzene rings is 2. The fourth-order valence-corrected chi connectivity index (χ4v) is 1.71. The van der Waals surface area contributed by atoms with Crippen LogP contribution in [0, 0.1) is 0 Å². The molecule has 20 heavy (non-hydrogen) atoms. The highest BCUT2D eigenvalue weighted by Crippen LogP contribution is 2.17. The summed E-state index contributed by atoms with van der Waals surface area (Å²) in [6.07, 6.45) is 0.944. The van der Waals surface area contributed by atoms with Crippen molar-refractivity contribution in [2.45, 2.75) is 13.3 Å². The van der Waals surface area contributed by atoms with Crippen LogP contribution in [-0.2, 0) is 0 Å². The van der Waals surface area contributed by atoms with Crippen LogP contribution in [-0.4, -0.2) is 17.6 Å². The van der Waals surface area contributed by atoms with Crippen LogP contribution in [0.2, 0.25) is 0 Å². The van der Waals surface area contributed by atoms with Gasteiger partial charge in [0.25, 0.3) is 5.91 Å². The van der Waals surface area contributed by atoms with Crippen molar-refractivity contribution in [3.63, 3.8) is 0 Å². The molecule has 2 aromatic carbocycles. The zero-order valence-corrected chi connectivity index (χ0v) is 11.3. The molecule has 4 heteroatoms. The second kappa shape index (κ2) is 6.61. The minimum absolute atomic E-state index is 0.117. The maximum absolute atomic E-state index is 12.0. The Kier molecular flexibility index (Phi) is 4.60. The molecule has 2 rings (SSSR count). The molecule has 4 nitrogen and oxygen atoms in total. The number of hydrogen-bond donors (Lipinski definition) is 2. The van der Waals surface area contributed by atoms with Crippen LogP contribution >= 0.6 is 0 Å². The zero-order valence-electron chi connectivity index (χ0n) is 11.3. The first-order valence-electron chi connectivity index (χ1n) is 6.52. The predicted octanol–water partition coefficient (Wildman–Crippen LogP) is 3.43. The van der Waals surface area contributed by atoms with Gasteiger partial charge in [-0.3, -0.25) is 4.79 Å². The summed E-state index contributed by atoms with van der Waals surface area (Å²) in [4.78, 5) is 12.0. The van der Waals surface area contributed by atoms with E-state index in [9.17, 15) is 9.90 Å². The lowest BCUT2D eigenvalue weighted by molar-refractivity contribution is 0.102. The van der Waals surface area contributed by atoms with E-state index in [2.05, 4.69) is 5.32 Å². The molecule has 0 spiro atoms. The largest absolute Gasteiger partial charge is 0.508 e. The number of carbonyl (C=O) groups is 1. The Balaban J connectivity index is 2.02. The lowest BCUT2D eigenvalue weighted by Gasteiger charge is -2.07. The number of nitrogens with one attached hydrogen (secondary N) is 1. The number of ether oxygens (including phenoxy) is 1. The van der Waals surface area contributed by atoms with E-state index in [1.807, 2.05) is 6.92 Å². The highest BCUT2D eigenvalue weighted by atomic mass is 16.5. The first-order valence-corrected chi connectivity index (χ1v) is 6.52. The number of aromatic hydroxyl groups is 1. The zero-order chi connectivity index (χ0) is 14.4. The Bertz CT molecular complexity index is 579. The molecule has 1 amide bonds. The minimum atomic E-state index is -0.224. The van der Waals surface area contributed by atoms with Crippen molar-refractivity contribution < 1.29 is 14.6 Å². The van der Waals surface area contributed by atoms with E-state index in [0.29, 0.717) is 17.9 Å². The van der Waals surface area contributed by atoms with Crippen LogP contribution in [0.15, 0.2) is 48.5 Å². The van der Waals surface area contributed by atoms with E-state index in [1.54, 1.807) is 42.5 Å². The van der Waals surface area contributed by atoms with Gasteiger partial charge in [-0.1, -0.05) is 13.0 Å². The molecule has 0 aliphatic carbocycles. The monoisotopic (exact) mass is 271 g/mol. The summed E-state index contributed by atoms with van der Waals surface area (Å²) in [5.74, 6) is 0.643. The summed E-state index contributed by atoms with van der Waals surface area (Å²) < 4.78 is 5.46. The van der Waals surface area contributed by atoms with E-state index < -0.39 is 0 Å². The van der Waals surface area contributed by atoms with E-state index in [-0.39, 0.29) is 11.7 Å². The first kappa shape index (κ1) is 13.9. The fraction of sp³-hybridized carbons (Fsp3) is 0.188. The second-order valence-electron chi connectivity index (χ2n) is 4.38. The molecule has 0 radical (unpaired) electrons. The number of anilines is 1. The van der Waals surface area contributed by atoms with Crippen molar-refractivity contribution in [3.8, 4) is 11.5 Å². The van der Waals surface area contributed by atoms with Gasteiger partial charge in [0, 0.05) is 17.3 Å². The van der Waals surface area contributed by atoms with Crippen LogP contribution < -0.4 is 10.1 Å². The lowest BCUT2D eigenvalue weighted by atomic mass is 10.2. The Morgan fingerprint density at radius 2 is 1.95 bits per heavy atom. The molecule has 0 heterocycles. The van der Waals surface area contributed by atoms with Gasteiger partial charge < -0.3 is 15.2 Å². The summed E-state index contributed by atoms with van der Waals surface area (Å²) in [7, 11) is 0. The van der Waals surface area contributed by atoms with Crippen molar-refractivity contribution in [1.29, 1.82) is 0 Å². The SMILES string of the molecule is CCCOc1ccc(C(=O)Nc2cccc(O)c2)cc1. The number of carbonyl (C=O) groups excluding carboxylic acids is 1. The maximum atomic E-state index is 12.0. The lowest BCUT2D eigenvalue weighted by Crippen LogP contribution is -2.11. The number of hydrogen-bond acceptors (Lipinski definition) is 3. The van der Waals surface area contributed by atoms with Gasteiger partial charge in [0.1, 0.15) is 11.5 Å².